The van der Waals surface area contributed by atoms with Crippen LogP contribution in [0, 0.1) is 0 Å². The SMILES string of the molecule is CC1(C)c2ccccc2-c2ccc(N(c3ccc4c(c3)C(C)(C)c3cc(-c5ccc(-c6ccccc6N(c6ccc(-c7ccccc7)cc6)c6cccc(-c7ccc8c(c7)-c7ccccc7C8(c7ccccc7)c7ccccc7)c6)cc5)ccc3-4)c3cccc4c3-c3ccccc3C4(C)C)cc21. The molecule has 15 aromatic rings. The van der Waals surface area contributed by atoms with E-state index in [1.54, 1.807) is 0 Å². The van der Waals surface area contributed by atoms with Crippen LogP contribution in [0.25, 0.3) is 89.0 Å². The minimum atomic E-state index is -0.465. The van der Waals surface area contributed by atoms with Gasteiger partial charge in [0.1, 0.15) is 0 Å². The number of nitrogens with zero attached hydrogens (tertiary/aromatic N) is 2. The number of rotatable bonds is 12. The van der Waals surface area contributed by atoms with Crippen molar-refractivity contribution in [2.75, 3.05) is 9.80 Å². The van der Waals surface area contributed by atoms with Crippen molar-refractivity contribution in [2.24, 2.45) is 0 Å². The summed E-state index contributed by atoms with van der Waals surface area (Å²) in [4.78, 5) is 5.01. The van der Waals surface area contributed by atoms with E-state index in [1.165, 1.54) is 139 Å². The Hall–Kier alpha value is -12.1. The lowest BCUT2D eigenvalue weighted by Gasteiger charge is -2.33. The fourth-order valence-electron chi connectivity index (χ4n) is 18.3. The van der Waals surface area contributed by atoms with E-state index < -0.39 is 5.41 Å². The van der Waals surface area contributed by atoms with Crippen molar-refractivity contribution in [3.8, 4) is 89.0 Å². The van der Waals surface area contributed by atoms with E-state index in [4.69, 9.17) is 0 Å². The van der Waals surface area contributed by atoms with Gasteiger partial charge in [0.25, 0.3) is 0 Å². The van der Waals surface area contributed by atoms with Gasteiger partial charge in [-0.2, -0.15) is 0 Å². The fraction of sp³-hybridized carbons (Fsp3) is 0.100. The van der Waals surface area contributed by atoms with E-state index in [1.807, 2.05) is 0 Å². The molecule has 0 N–H and O–H groups in total. The Morgan fingerprint density at radius 3 is 1.21 bits per heavy atom. The smallest absolute Gasteiger partial charge is 0.0713 e. The Bertz CT molecular complexity index is 5800. The van der Waals surface area contributed by atoms with Crippen molar-refractivity contribution in [2.45, 2.75) is 63.2 Å². The highest BCUT2D eigenvalue weighted by atomic mass is 15.2. The Morgan fingerprint density at radius 2 is 0.549 bits per heavy atom. The molecule has 0 atom stereocenters. The molecule has 0 fully saturated rings. The first-order chi connectivity index (χ1) is 49.8. The predicted octanol–water partition coefficient (Wildman–Crippen LogP) is 26.6. The van der Waals surface area contributed by atoms with Crippen LogP contribution in [0.1, 0.15) is 97.2 Å². The van der Waals surface area contributed by atoms with E-state index in [0.29, 0.717) is 0 Å². The topological polar surface area (TPSA) is 6.48 Å². The Kier molecular flexibility index (Phi) is 13.9. The number of benzene rings is 15. The summed E-state index contributed by atoms with van der Waals surface area (Å²) in [6.45, 7) is 14.4. The van der Waals surface area contributed by atoms with Gasteiger partial charge in [0, 0.05) is 50.1 Å². The van der Waals surface area contributed by atoms with E-state index >= 15 is 0 Å². The standard InChI is InChI=1S/C100H76N2/c1-97(2)87-39-21-18-37-84(87)96-90(97)41-25-43-95(96)102(76-54-57-82-79-35-16-20-38-86(79)98(3,4)92(82)63-76)77-55-58-83-81-56-50-71(62-91(81)99(5,6)93(83)64-77)67-44-46-68(47-45-67)78-34-19-23-42-94(78)101(74-52-48-66(49-53-74)65-26-10-7-11-27-65)75-33-24-28-69(60-75)70-51-59-89-85(61-70)80-36-17-22-40-88(80)100(89,72-29-12-8-13-30-72)73-31-14-9-15-32-73/h7-64H,1-6H3. The zero-order valence-corrected chi connectivity index (χ0v) is 58.4. The number of hydrogen-bond donors (Lipinski definition) is 0. The number of hydrogen-bond acceptors (Lipinski definition) is 2. The van der Waals surface area contributed by atoms with Crippen LogP contribution in [-0.4, -0.2) is 0 Å². The van der Waals surface area contributed by atoms with Gasteiger partial charge in [0.15, 0.2) is 0 Å². The summed E-state index contributed by atoms with van der Waals surface area (Å²) >= 11 is 0. The molecule has 15 aromatic carbocycles. The van der Waals surface area contributed by atoms with Gasteiger partial charge < -0.3 is 9.80 Å². The minimum Gasteiger partial charge on any atom is -0.310 e. The zero-order valence-electron chi connectivity index (χ0n) is 58.4. The Morgan fingerprint density at radius 1 is 0.186 bits per heavy atom. The summed E-state index contributed by atoms with van der Waals surface area (Å²) in [7, 11) is 0. The van der Waals surface area contributed by atoms with Gasteiger partial charge in [-0.1, -0.05) is 321 Å². The number of fused-ring (bicyclic) bond motifs is 12. The summed E-state index contributed by atoms with van der Waals surface area (Å²) in [6, 6.07) is 132. The number of para-hydroxylation sites is 1. The molecule has 0 aromatic heterocycles. The van der Waals surface area contributed by atoms with Crippen LogP contribution in [0.2, 0.25) is 0 Å². The lowest BCUT2D eigenvalue weighted by atomic mass is 9.67. The molecule has 4 aliphatic carbocycles. The molecule has 0 heterocycles. The van der Waals surface area contributed by atoms with Gasteiger partial charge in [-0.25, -0.2) is 0 Å². The molecule has 0 saturated carbocycles. The molecule has 0 unspecified atom stereocenters. The summed E-state index contributed by atoms with van der Waals surface area (Å²) in [6.07, 6.45) is 0. The molecule has 486 valence electrons. The van der Waals surface area contributed by atoms with Crippen molar-refractivity contribution in [1.29, 1.82) is 0 Å². The maximum absolute atomic E-state index is 2.56. The summed E-state index contributed by atoms with van der Waals surface area (Å²) in [5.74, 6) is 0. The first-order valence-electron chi connectivity index (χ1n) is 36.0. The van der Waals surface area contributed by atoms with Crippen LogP contribution >= 0.6 is 0 Å². The summed E-state index contributed by atoms with van der Waals surface area (Å²) in [5, 5.41) is 0. The van der Waals surface area contributed by atoms with Gasteiger partial charge in [0.05, 0.1) is 16.8 Å². The monoisotopic (exact) mass is 1300 g/mol. The number of anilines is 6. The zero-order chi connectivity index (χ0) is 68.6. The largest absolute Gasteiger partial charge is 0.310 e. The first kappa shape index (κ1) is 61.0. The Balaban J connectivity index is 0.675. The maximum atomic E-state index is 2.56. The van der Waals surface area contributed by atoms with Crippen molar-refractivity contribution in [3.63, 3.8) is 0 Å². The molecule has 0 saturated heterocycles. The molecule has 0 aliphatic heterocycles. The van der Waals surface area contributed by atoms with Gasteiger partial charge in [0.2, 0.25) is 0 Å². The average molecular weight is 1310 g/mol. The van der Waals surface area contributed by atoms with Gasteiger partial charge in [-0.3, -0.25) is 0 Å². The summed E-state index contributed by atoms with van der Waals surface area (Å²) < 4.78 is 0. The average Bonchev–Trinajstić information content (AvgIpc) is 1.55. The summed E-state index contributed by atoms with van der Waals surface area (Å²) in [5.41, 5.74) is 38.8. The predicted molar refractivity (Wildman–Crippen MR) is 428 cm³/mol. The van der Waals surface area contributed by atoms with Gasteiger partial charge in [-0.05, 0) is 206 Å². The Labute approximate surface area is 599 Å². The van der Waals surface area contributed by atoms with Crippen molar-refractivity contribution in [1.82, 2.24) is 0 Å². The van der Waals surface area contributed by atoms with E-state index in [2.05, 4.69) is 403 Å². The molecule has 0 radical (unpaired) electrons. The second-order valence-corrected chi connectivity index (χ2v) is 29.9. The first-order valence-corrected chi connectivity index (χ1v) is 36.0. The van der Waals surface area contributed by atoms with Crippen LogP contribution in [0.4, 0.5) is 34.1 Å². The van der Waals surface area contributed by atoms with Gasteiger partial charge in [-0.15, -0.1) is 0 Å². The molecule has 2 nitrogen and oxygen atoms in total. The molecular formula is C100H76N2. The van der Waals surface area contributed by atoms with E-state index in [0.717, 1.165) is 39.4 Å². The van der Waals surface area contributed by atoms with Crippen molar-refractivity contribution in [3.05, 3.63) is 407 Å². The second kappa shape index (κ2) is 23.2. The maximum Gasteiger partial charge on any atom is 0.0713 e. The van der Waals surface area contributed by atoms with Crippen molar-refractivity contribution >= 4 is 34.1 Å². The van der Waals surface area contributed by atoms with Crippen molar-refractivity contribution < 1.29 is 0 Å². The molecule has 0 amide bonds. The fourth-order valence-corrected chi connectivity index (χ4v) is 18.3. The normalized spacial score (nSPS) is 14.5. The van der Waals surface area contributed by atoms with Crippen LogP contribution < -0.4 is 9.80 Å². The molecular weight excluding hydrogens is 1230 g/mol. The van der Waals surface area contributed by atoms with Crippen LogP contribution in [0.5, 0.6) is 0 Å². The minimum absolute atomic E-state index is 0.145. The highest BCUT2D eigenvalue weighted by molar-refractivity contribution is 5.98. The highest BCUT2D eigenvalue weighted by Crippen LogP contribution is 2.60. The van der Waals surface area contributed by atoms with Crippen LogP contribution in [-0.2, 0) is 21.7 Å². The van der Waals surface area contributed by atoms with Crippen LogP contribution in [0.3, 0.4) is 0 Å². The van der Waals surface area contributed by atoms with E-state index in [9.17, 15) is 0 Å². The molecule has 0 spiro atoms. The third-order valence-electron chi connectivity index (χ3n) is 23.4. The molecule has 0 bridgehead atoms. The second-order valence-electron chi connectivity index (χ2n) is 29.9. The van der Waals surface area contributed by atoms with E-state index in [-0.39, 0.29) is 16.2 Å². The lowest BCUT2D eigenvalue weighted by molar-refractivity contribution is 0.660. The quantitative estimate of drug-likeness (QED) is 0.120. The lowest BCUT2D eigenvalue weighted by Crippen LogP contribution is -2.28. The molecule has 102 heavy (non-hydrogen) atoms. The van der Waals surface area contributed by atoms with Gasteiger partial charge >= 0.3 is 0 Å². The molecule has 4 aliphatic rings. The molecule has 19 rings (SSSR count). The highest BCUT2D eigenvalue weighted by Gasteiger charge is 2.47. The van der Waals surface area contributed by atoms with Crippen LogP contribution in [0.15, 0.2) is 352 Å². The molecule has 2 heteroatoms. The third kappa shape index (κ3) is 9.25. The third-order valence-corrected chi connectivity index (χ3v) is 23.4.